The lowest BCUT2D eigenvalue weighted by Gasteiger charge is -2.21. The van der Waals surface area contributed by atoms with Crippen LogP contribution in [-0.2, 0) is 6.54 Å². The summed E-state index contributed by atoms with van der Waals surface area (Å²) in [6, 6.07) is 11.0. The second-order valence-electron chi connectivity index (χ2n) is 7.10. The third kappa shape index (κ3) is 3.48. The molecule has 1 aliphatic rings. The minimum Gasteiger partial charge on any atom is -0.300 e. The molecule has 2 aromatic heterocycles. The fourth-order valence-corrected chi connectivity index (χ4v) is 3.77. The minimum atomic E-state index is -0.332. The Morgan fingerprint density at radius 1 is 1.21 bits per heavy atom. The molecule has 2 unspecified atom stereocenters. The van der Waals surface area contributed by atoms with E-state index in [4.69, 9.17) is 11.6 Å². The molecule has 2 atom stereocenters. The van der Waals surface area contributed by atoms with E-state index < -0.39 is 0 Å². The summed E-state index contributed by atoms with van der Waals surface area (Å²) in [5.74, 6) is 6.16. The van der Waals surface area contributed by atoms with E-state index in [-0.39, 0.29) is 29.0 Å². The van der Waals surface area contributed by atoms with Crippen molar-refractivity contribution in [2.75, 3.05) is 0 Å². The van der Waals surface area contributed by atoms with Gasteiger partial charge in [-0.3, -0.25) is 14.7 Å². The van der Waals surface area contributed by atoms with Crippen LogP contribution in [0.3, 0.4) is 0 Å². The van der Waals surface area contributed by atoms with Crippen molar-refractivity contribution in [2.45, 2.75) is 25.8 Å². The Morgan fingerprint density at radius 2 is 1.97 bits per heavy atom. The number of halogens is 1. The van der Waals surface area contributed by atoms with Crippen LogP contribution in [-0.4, -0.2) is 19.7 Å². The van der Waals surface area contributed by atoms with Gasteiger partial charge in [0.2, 0.25) is 0 Å². The van der Waals surface area contributed by atoms with Gasteiger partial charge < -0.3 is 4.57 Å². The van der Waals surface area contributed by atoms with Gasteiger partial charge in [-0.1, -0.05) is 49.1 Å². The number of hydrogen-bond acceptors (Lipinski definition) is 2. The predicted octanol–water partition coefficient (Wildman–Crippen LogP) is 3.51. The van der Waals surface area contributed by atoms with E-state index >= 15 is 0 Å². The molecule has 0 fully saturated rings. The van der Waals surface area contributed by atoms with E-state index in [2.05, 4.69) is 16.9 Å². The van der Waals surface area contributed by atoms with Crippen LogP contribution in [0.1, 0.15) is 18.2 Å². The van der Waals surface area contributed by atoms with Gasteiger partial charge in [-0.15, -0.1) is 11.6 Å². The first-order valence-electron chi connectivity index (χ1n) is 9.39. The summed E-state index contributed by atoms with van der Waals surface area (Å²) in [5.41, 5.74) is 2.20. The maximum atomic E-state index is 13.1. The molecule has 0 saturated carbocycles. The van der Waals surface area contributed by atoms with Gasteiger partial charge in [0.1, 0.15) is 0 Å². The Morgan fingerprint density at radius 3 is 2.72 bits per heavy atom. The van der Waals surface area contributed by atoms with Crippen LogP contribution >= 0.6 is 11.6 Å². The zero-order valence-corrected chi connectivity index (χ0v) is 16.9. The molecule has 1 N–H and O–H groups in total. The highest BCUT2D eigenvalue weighted by Gasteiger charge is 2.24. The van der Waals surface area contributed by atoms with Gasteiger partial charge in [0.15, 0.2) is 0 Å². The quantitative estimate of drug-likeness (QED) is 0.524. The Kier molecular flexibility index (Phi) is 5.04. The number of aromatic amines is 1. The normalized spacial score (nSPS) is 18.4. The number of rotatable bonds is 2. The molecule has 0 spiro atoms. The molecule has 1 aromatic carbocycles. The summed E-state index contributed by atoms with van der Waals surface area (Å²) in [6.07, 6.45) is 5.71. The van der Waals surface area contributed by atoms with Crippen LogP contribution in [0.4, 0.5) is 0 Å². The first-order chi connectivity index (χ1) is 14.0. The fourth-order valence-electron chi connectivity index (χ4n) is 3.52. The van der Waals surface area contributed by atoms with Crippen LogP contribution in [0.25, 0.3) is 16.6 Å². The van der Waals surface area contributed by atoms with E-state index in [9.17, 15) is 9.59 Å². The number of H-pyrrole nitrogens is 1. The van der Waals surface area contributed by atoms with Crippen molar-refractivity contribution in [2.24, 2.45) is 5.92 Å². The van der Waals surface area contributed by atoms with E-state index in [0.717, 1.165) is 5.56 Å². The lowest BCUT2D eigenvalue weighted by atomic mass is 10.00. The van der Waals surface area contributed by atoms with Crippen molar-refractivity contribution in [3.05, 3.63) is 86.6 Å². The summed E-state index contributed by atoms with van der Waals surface area (Å²) < 4.78 is 2.96. The van der Waals surface area contributed by atoms with E-state index in [1.807, 2.05) is 55.5 Å². The summed E-state index contributed by atoms with van der Waals surface area (Å²) in [5, 5.41) is 3.18. The first kappa shape index (κ1) is 19.1. The van der Waals surface area contributed by atoms with Crippen molar-refractivity contribution >= 4 is 28.2 Å². The molecule has 0 bridgehead atoms. The number of aromatic nitrogens is 3. The smallest absolute Gasteiger partial charge is 0.280 e. The number of nitrogens with zero attached hydrogens (tertiary/aromatic N) is 2. The lowest BCUT2D eigenvalue weighted by Crippen LogP contribution is -2.26. The molecule has 1 aliphatic carbocycles. The average molecular weight is 406 g/mol. The third-order valence-corrected chi connectivity index (χ3v) is 5.77. The van der Waals surface area contributed by atoms with Crippen LogP contribution in [0.15, 0.2) is 64.2 Å². The second kappa shape index (κ2) is 7.65. The molecule has 4 rings (SSSR count). The number of alkyl halides is 1. The summed E-state index contributed by atoms with van der Waals surface area (Å²) >= 11 is 6.51. The van der Waals surface area contributed by atoms with Gasteiger partial charge in [-0.2, -0.15) is 0 Å². The van der Waals surface area contributed by atoms with Crippen molar-refractivity contribution in [1.82, 2.24) is 14.3 Å². The first-order valence-corrected chi connectivity index (χ1v) is 9.83. The topological polar surface area (TPSA) is 59.8 Å². The van der Waals surface area contributed by atoms with Gasteiger partial charge in [0.25, 0.3) is 11.1 Å². The SMILES string of the molecule is Cc1c2c(=O)n(C3=CC=CC(C)C3Cl)[nH]c2cc(=O)n1CC#Cc1ccccc1. The molecule has 3 aromatic rings. The molecule has 0 saturated heterocycles. The van der Waals surface area contributed by atoms with Crippen LogP contribution in [0.5, 0.6) is 0 Å². The number of allylic oxidation sites excluding steroid dienone is 4. The number of nitrogens with one attached hydrogen (secondary N) is 1. The van der Waals surface area contributed by atoms with E-state index in [1.165, 1.54) is 15.3 Å². The number of benzene rings is 1. The van der Waals surface area contributed by atoms with Gasteiger partial charge in [-0.25, -0.2) is 4.68 Å². The summed E-state index contributed by atoms with van der Waals surface area (Å²) in [6.45, 7) is 3.97. The molecule has 29 heavy (non-hydrogen) atoms. The van der Waals surface area contributed by atoms with E-state index in [0.29, 0.717) is 22.3 Å². The zero-order chi connectivity index (χ0) is 20.5. The van der Waals surface area contributed by atoms with Crippen molar-refractivity contribution < 1.29 is 0 Å². The van der Waals surface area contributed by atoms with E-state index in [1.54, 1.807) is 6.92 Å². The molecule has 146 valence electrons. The lowest BCUT2D eigenvalue weighted by molar-refractivity contribution is 0.706. The highest BCUT2D eigenvalue weighted by molar-refractivity contribution is 6.25. The predicted molar refractivity (Wildman–Crippen MR) is 117 cm³/mol. The molecular weight excluding hydrogens is 386 g/mol. The number of hydrogen-bond donors (Lipinski definition) is 1. The number of fused-ring (bicyclic) bond motifs is 1. The van der Waals surface area contributed by atoms with Gasteiger partial charge in [0.05, 0.1) is 28.5 Å². The second-order valence-corrected chi connectivity index (χ2v) is 7.57. The van der Waals surface area contributed by atoms with Crippen LogP contribution < -0.4 is 11.1 Å². The van der Waals surface area contributed by atoms with Crippen molar-refractivity contribution in [1.29, 1.82) is 0 Å². The molecule has 0 radical (unpaired) electrons. The Bertz CT molecular complexity index is 1310. The molecule has 0 amide bonds. The molecular formula is C23H20ClN3O2. The molecule has 6 heteroatoms. The summed E-state index contributed by atoms with van der Waals surface area (Å²) in [7, 11) is 0. The molecule has 2 heterocycles. The summed E-state index contributed by atoms with van der Waals surface area (Å²) in [4.78, 5) is 25.7. The zero-order valence-electron chi connectivity index (χ0n) is 16.1. The minimum absolute atomic E-state index is 0.101. The van der Waals surface area contributed by atoms with Crippen LogP contribution in [0, 0.1) is 24.7 Å². The Hall–Kier alpha value is -3.23. The molecule has 0 aliphatic heterocycles. The van der Waals surface area contributed by atoms with Gasteiger partial charge in [-0.05, 0) is 31.1 Å². The maximum absolute atomic E-state index is 13.1. The number of pyridine rings is 1. The third-order valence-electron chi connectivity index (χ3n) is 5.15. The van der Waals surface area contributed by atoms with Crippen molar-refractivity contribution in [3.63, 3.8) is 0 Å². The van der Waals surface area contributed by atoms with Gasteiger partial charge >= 0.3 is 0 Å². The van der Waals surface area contributed by atoms with Gasteiger partial charge in [0, 0.05) is 17.3 Å². The highest BCUT2D eigenvalue weighted by atomic mass is 35.5. The fraction of sp³-hybridized carbons (Fsp3) is 0.217. The van der Waals surface area contributed by atoms with Crippen molar-refractivity contribution in [3.8, 4) is 11.8 Å². The molecule has 5 nitrogen and oxygen atoms in total. The Labute approximate surface area is 172 Å². The largest absolute Gasteiger partial charge is 0.300 e. The monoisotopic (exact) mass is 405 g/mol. The highest BCUT2D eigenvalue weighted by Crippen LogP contribution is 2.27. The average Bonchev–Trinajstić information content (AvgIpc) is 3.03. The standard InChI is InChI=1S/C23H20ClN3O2/c1-15-8-6-12-19(22(15)24)27-23(29)21-16(2)26(20(28)14-18(21)25-27)13-7-11-17-9-4-3-5-10-17/h3-6,8-10,12,14-15,22,25H,13H2,1-2H3. The Balaban J connectivity index is 1.78. The maximum Gasteiger partial charge on any atom is 0.280 e. The number of aryl methyl sites for hydroxylation is 1. The van der Waals surface area contributed by atoms with Crippen LogP contribution in [0.2, 0.25) is 0 Å².